The van der Waals surface area contributed by atoms with Crippen LogP contribution in [0.15, 0.2) is 4.99 Å². The third-order valence-electron chi connectivity index (χ3n) is 0.166. The van der Waals surface area contributed by atoms with E-state index in [0.29, 0.717) is 0 Å². The van der Waals surface area contributed by atoms with Gasteiger partial charge < -0.3 is 11.2 Å². The van der Waals surface area contributed by atoms with Crippen molar-refractivity contribution in [2.24, 2.45) is 10.7 Å². The second kappa shape index (κ2) is 4.81. The molecule has 0 aliphatic carbocycles. The van der Waals surface area contributed by atoms with Crippen LogP contribution in [0.25, 0.3) is 0 Å². The first-order valence-electron chi connectivity index (χ1n) is 1.19. The maximum atomic E-state index is 9.10. The normalized spacial score (nSPS) is 5.14. The van der Waals surface area contributed by atoms with Gasteiger partial charge in [0.25, 0.3) is 0 Å². The second-order valence-corrected chi connectivity index (χ2v) is 0.588. The van der Waals surface area contributed by atoms with Gasteiger partial charge in [-0.2, -0.15) is 0 Å². The molecule has 0 rings (SSSR count). The van der Waals surface area contributed by atoms with E-state index in [2.05, 4.69) is 10.7 Å². The summed E-state index contributed by atoms with van der Waals surface area (Å²) >= 11 is 0. The van der Waals surface area contributed by atoms with Crippen molar-refractivity contribution < 1.29 is 10.3 Å². The number of nitrogens with two attached hydrogens (primary N) is 1. The summed E-state index contributed by atoms with van der Waals surface area (Å²) in [5.74, 6) is -0.509. The minimum atomic E-state index is -0.509. The van der Waals surface area contributed by atoms with Crippen LogP contribution in [0.3, 0.4) is 0 Å². The number of isocyanates is 1. The summed E-state index contributed by atoms with van der Waals surface area (Å²) < 4.78 is 0. The van der Waals surface area contributed by atoms with Crippen LogP contribution in [-0.4, -0.2) is 17.5 Å². The third-order valence-corrected chi connectivity index (χ3v) is 0.166. The molecular formula is C2H5N3O2. The predicted octanol–water partition coefficient (Wildman–Crippen LogP) is -1.61. The first kappa shape index (κ1) is 9.26. The Hall–Kier alpha value is -1.19. The molecular weight excluding hydrogens is 98.0 g/mol. The molecule has 0 atom stereocenters. The van der Waals surface area contributed by atoms with E-state index in [9.17, 15) is 0 Å². The molecule has 7 heavy (non-hydrogen) atoms. The molecule has 0 aromatic heterocycles. The van der Waals surface area contributed by atoms with Gasteiger partial charge >= 0.3 is 0 Å². The van der Waals surface area contributed by atoms with Crippen molar-refractivity contribution in [2.75, 3.05) is 0 Å². The molecule has 0 saturated heterocycles. The van der Waals surface area contributed by atoms with Gasteiger partial charge in [0.05, 0.1) is 0 Å². The summed E-state index contributed by atoms with van der Waals surface area (Å²) in [6, 6.07) is 0. The van der Waals surface area contributed by atoms with Crippen molar-refractivity contribution in [1.29, 1.82) is 5.41 Å². The molecule has 0 unspecified atom stereocenters. The van der Waals surface area contributed by atoms with Gasteiger partial charge in [0.1, 0.15) is 0 Å². The molecule has 0 aromatic rings. The van der Waals surface area contributed by atoms with Crippen LogP contribution in [-0.2, 0) is 4.79 Å². The van der Waals surface area contributed by atoms with Gasteiger partial charge in [-0.15, -0.1) is 4.99 Å². The Morgan fingerprint density at radius 3 is 2.29 bits per heavy atom. The Bertz CT molecular complexity index is 104. The lowest BCUT2D eigenvalue weighted by atomic mass is 11.1. The van der Waals surface area contributed by atoms with Gasteiger partial charge in [0.2, 0.25) is 12.0 Å². The Balaban J connectivity index is 0. The summed E-state index contributed by atoms with van der Waals surface area (Å²) in [5.41, 5.74) is 4.56. The average Bonchev–Trinajstić information content (AvgIpc) is 1.35. The lowest BCUT2D eigenvalue weighted by Crippen LogP contribution is -2.03. The van der Waals surface area contributed by atoms with Crippen LogP contribution in [0.2, 0.25) is 0 Å². The molecule has 0 radical (unpaired) electrons. The molecule has 0 aromatic carbocycles. The van der Waals surface area contributed by atoms with Crippen LogP contribution in [0.1, 0.15) is 0 Å². The number of carbonyl (C=O) groups excluding carboxylic acids is 1. The molecule has 5 N–H and O–H groups in total. The van der Waals surface area contributed by atoms with Crippen LogP contribution < -0.4 is 5.73 Å². The summed E-state index contributed by atoms with van der Waals surface area (Å²) in [4.78, 5) is 11.8. The predicted molar refractivity (Wildman–Crippen MR) is 23.6 cm³/mol. The first-order chi connectivity index (χ1) is 2.77. The highest BCUT2D eigenvalue weighted by atomic mass is 16.1. The van der Waals surface area contributed by atoms with Crippen molar-refractivity contribution >= 4 is 12.0 Å². The molecule has 0 fully saturated rings. The minimum absolute atomic E-state index is 0. The molecule has 0 aliphatic heterocycles. The van der Waals surface area contributed by atoms with Gasteiger partial charge in [0, 0.05) is 0 Å². The van der Waals surface area contributed by atoms with Crippen LogP contribution in [0.4, 0.5) is 0 Å². The molecule has 0 bridgehead atoms. The Labute approximate surface area is 39.7 Å². The number of aliphatic imine (C=N–C) groups is 1. The molecule has 0 amide bonds. The van der Waals surface area contributed by atoms with Crippen molar-refractivity contribution in [3.8, 4) is 0 Å². The largest absolute Gasteiger partial charge is 0.412 e. The highest BCUT2D eigenvalue weighted by Crippen LogP contribution is 1.50. The summed E-state index contributed by atoms with van der Waals surface area (Å²) in [6.07, 6.45) is 1.09. The average molecular weight is 103 g/mol. The lowest BCUT2D eigenvalue weighted by Gasteiger charge is -1.69. The zero-order valence-corrected chi connectivity index (χ0v) is 3.43. The van der Waals surface area contributed by atoms with E-state index in [0.717, 1.165) is 6.08 Å². The van der Waals surface area contributed by atoms with Gasteiger partial charge in [0.15, 0.2) is 0 Å². The van der Waals surface area contributed by atoms with Crippen molar-refractivity contribution in [2.45, 2.75) is 0 Å². The van der Waals surface area contributed by atoms with E-state index >= 15 is 0 Å². The van der Waals surface area contributed by atoms with Crippen LogP contribution >= 0.6 is 0 Å². The van der Waals surface area contributed by atoms with E-state index in [1.807, 2.05) is 0 Å². The molecule has 0 heterocycles. The van der Waals surface area contributed by atoms with Gasteiger partial charge in [-0.25, -0.2) is 4.79 Å². The van der Waals surface area contributed by atoms with E-state index in [4.69, 9.17) is 10.2 Å². The highest BCUT2D eigenvalue weighted by molar-refractivity contribution is 5.79. The van der Waals surface area contributed by atoms with Crippen molar-refractivity contribution in [3.63, 3.8) is 0 Å². The number of hydrogen-bond donors (Lipinski definition) is 2. The standard InChI is InChI=1S/C2H3N3O.H2O/c3-2(4)5-1-6;/h(H3,3,4);1H2. The van der Waals surface area contributed by atoms with Gasteiger partial charge in [-0.1, -0.05) is 0 Å². The zero-order valence-electron chi connectivity index (χ0n) is 3.43. The topological polar surface area (TPSA) is 111 Å². The quantitative estimate of drug-likeness (QED) is 0.218. The Morgan fingerprint density at radius 1 is 1.86 bits per heavy atom. The van der Waals surface area contributed by atoms with Crippen LogP contribution in [0, 0.1) is 5.41 Å². The van der Waals surface area contributed by atoms with Gasteiger partial charge in [-0.05, 0) is 0 Å². The maximum Gasteiger partial charge on any atom is 0.243 e. The summed E-state index contributed by atoms with van der Waals surface area (Å²) in [6.45, 7) is 0. The number of nitrogens with zero attached hydrogens (tertiary/aromatic N) is 1. The van der Waals surface area contributed by atoms with E-state index in [-0.39, 0.29) is 5.48 Å². The summed E-state index contributed by atoms with van der Waals surface area (Å²) in [5, 5.41) is 6.24. The summed E-state index contributed by atoms with van der Waals surface area (Å²) in [7, 11) is 0. The molecule has 40 valence electrons. The second-order valence-electron chi connectivity index (χ2n) is 0.588. The van der Waals surface area contributed by atoms with E-state index in [1.54, 1.807) is 0 Å². The number of hydrogen-bond acceptors (Lipinski definition) is 2. The van der Waals surface area contributed by atoms with Crippen LogP contribution in [0.5, 0.6) is 0 Å². The molecule has 5 nitrogen and oxygen atoms in total. The van der Waals surface area contributed by atoms with Crippen molar-refractivity contribution in [1.82, 2.24) is 0 Å². The number of guanidine groups is 1. The molecule has 5 heteroatoms. The fourth-order valence-electron chi connectivity index (χ4n) is 0.0492. The monoisotopic (exact) mass is 103 g/mol. The first-order valence-corrected chi connectivity index (χ1v) is 1.19. The zero-order chi connectivity index (χ0) is 4.99. The molecule has 0 spiro atoms. The SMILES string of the molecule is N=C(N)N=C=O.O. The minimum Gasteiger partial charge on any atom is -0.412 e. The highest BCUT2D eigenvalue weighted by Gasteiger charge is 1.69. The Kier molecular flexibility index (Phi) is 6.36. The van der Waals surface area contributed by atoms with Gasteiger partial charge in [-0.3, -0.25) is 5.41 Å². The van der Waals surface area contributed by atoms with Crippen molar-refractivity contribution in [3.05, 3.63) is 0 Å². The third kappa shape index (κ3) is 11.6. The molecule has 0 aliphatic rings. The maximum absolute atomic E-state index is 9.10. The lowest BCUT2D eigenvalue weighted by molar-refractivity contribution is 0.565. The van der Waals surface area contributed by atoms with E-state index in [1.165, 1.54) is 0 Å². The smallest absolute Gasteiger partial charge is 0.243 e. The Morgan fingerprint density at radius 2 is 2.29 bits per heavy atom. The number of nitrogens with one attached hydrogen (secondary N) is 1. The fourth-order valence-corrected chi connectivity index (χ4v) is 0.0492. The number of rotatable bonds is 0. The molecule has 0 saturated carbocycles. The van der Waals surface area contributed by atoms with E-state index < -0.39 is 5.96 Å². The fraction of sp³-hybridized carbons (Fsp3) is 0.